The molecule has 0 aliphatic carbocycles. The first-order valence-electron chi connectivity index (χ1n) is 6.12. The predicted octanol–water partition coefficient (Wildman–Crippen LogP) is 1.37. The minimum Gasteiger partial charge on any atom is -0.379 e. The molecule has 0 bridgehead atoms. The second kappa shape index (κ2) is 6.33. The predicted molar refractivity (Wildman–Crippen MR) is 70.7 cm³/mol. The Morgan fingerprint density at radius 1 is 1.28 bits per heavy atom. The second-order valence-corrected chi connectivity index (χ2v) is 4.32. The molecule has 1 saturated heterocycles. The fourth-order valence-corrected chi connectivity index (χ4v) is 1.72. The number of ether oxygens (including phenoxy) is 1. The van der Waals surface area contributed by atoms with Crippen molar-refractivity contribution in [1.29, 1.82) is 0 Å². The molecule has 1 aromatic carbocycles. The molecule has 0 saturated carbocycles. The van der Waals surface area contributed by atoms with Crippen molar-refractivity contribution in [2.45, 2.75) is 6.92 Å². The van der Waals surface area contributed by atoms with Crippen LogP contribution in [-0.4, -0.2) is 37.2 Å². The Bertz CT molecular complexity index is 420. The van der Waals surface area contributed by atoms with Gasteiger partial charge in [0.05, 0.1) is 13.2 Å². The lowest BCUT2D eigenvalue weighted by Gasteiger charge is -2.26. The maximum Gasteiger partial charge on any atom is 0.258 e. The van der Waals surface area contributed by atoms with E-state index in [4.69, 9.17) is 4.74 Å². The van der Waals surface area contributed by atoms with Gasteiger partial charge >= 0.3 is 0 Å². The highest BCUT2D eigenvalue weighted by molar-refractivity contribution is 5.91. The first kappa shape index (κ1) is 12.8. The molecule has 1 aromatic rings. The van der Waals surface area contributed by atoms with Crippen LogP contribution >= 0.6 is 0 Å². The van der Waals surface area contributed by atoms with Crippen LogP contribution in [-0.2, 0) is 9.53 Å². The number of carbonyl (C=O) groups is 1. The molecule has 1 amide bonds. The molecule has 96 valence electrons. The van der Waals surface area contributed by atoms with Gasteiger partial charge < -0.3 is 4.74 Å². The van der Waals surface area contributed by atoms with Crippen molar-refractivity contribution >= 4 is 12.0 Å². The van der Waals surface area contributed by atoms with Crippen LogP contribution in [0.4, 0.5) is 0 Å². The number of nitrogens with one attached hydrogen (secondary N) is 1. The van der Waals surface area contributed by atoms with Crippen molar-refractivity contribution in [3.8, 4) is 0 Å². The van der Waals surface area contributed by atoms with Crippen LogP contribution in [0.1, 0.15) is 11.1 Å². The molecule has 2 rings (SSSR count). The number of nitrogens with zero attached hydrogens (tertiary/aromatic N) is 1. The zero-order valence-corrected chi connectivity index (χ0v) is 10.6. The van der Waals surface area contributed by atoms with E-state index < -0.39 is 0 Å². The van der Waals surface area contributed by atoms with Gasteiger partial charge in [-0.15, -0.1) is 0 Å². The molecule has 0 unspecified atom stereocenters. The van der Waals surface area contributed by atoms with E-state index in [1.54, 1.807) is 6.08 Å². The second-order valence-electron chi connectivity index (χ2n) is 4.32. The zero-order chi connectivity index (χ0) is 12.8. The number of hydrogen-bond donors (Lipinski definition) is 1. The van der Waals surface area contributed by atoms with Gasteiger partial charge in [0, 0.05) is 19.2 Å². The van der Waals surface area contributed by atoms with Gasteiger partial charge in [-0.05, 0) is 18.6 Å². The summed E-state index contributed by atoms with van der Waals surface area (Å²) in [6.07, 6.45) is 3.37. The molecule has 4 nitrogen and oxygen atoms in total. The average Bonchev–Trinajstić information content (AvgIpc) is 2.39. The average molecular weight is 246 g/mol. The molecular weight excluding hydrogens is 228 g/mol. The van der Waals surface area contributed by atoms with E-state index in [0.29, 0.717) is 13.2 Å². The van der Waals surface area contributed by atoms with Crippen LogP contribution in [0.15, 0.2) is 30.3 Å². The summed E-state index contributed by atoms with van der Waals surface area (Å²) in [6, 6.07) is 8.04. The van der Waals surface area contributed by atoms with Crippen molar-refractivity contribution in [3.05, 3.63) is 41.5 Å². The standard InChI is InChI=1S/C14H18N2O2/c1-12-2-4-13(5-3-12)6-7-14(17)15-16-8-10-18-11-9-16/h2-7H,8-11H2,1H3,(H,15,17)/b7-6+. The number of benzene rings is 1. The highest BCUT2D eigenvalue weighted by Crippen LogP contribution is 2.04. The van der Waals surface area contributed by atoms with Crippen molar-refractivity contribution in [1.82, 2.24) is 10.4 Å². The number of hydrazine groups is 1. The molecular formula is C14H18N2O2. The van der Waals surface area contributed by atoms with Crippen molar-refractivity contribution in [3.63, 3.8) is 0 Å². The topological polar surface area (TPSA) is 41.6 Å². The summed E-state index contributed by atoms with van der Waals surface area (Å²) < 4.78 is 5.21. The Morgan fingerprint density at radius 3 is 2.61 bits per heavy atom. The van der Waals surface area contributed by atoms with E-state index in [0.717, 1.165) is 18.7 Å². The molecule has 1 fully saturated rings. The van der Waals surface area contributed by atoms with E-state index in [-0.39, 0.29) is 5.91 Å². The summed E-state index contributed by atoms with van der Waals surface area (Å²) in [7, 11) is 0. The number of aryl methyl sites for hydroxylation is 1. The molecule has 0 aromatic heterocycles. The summed E-state index contributed by atoms with van der Waals surface area (Å²) in [5.74, 6) is -0.0996. The Labute approximate surface area is 107 Å². The monoisotopic (exact) mass is 246 g/mol. The quantitative estimate of drug-likeness (QED) is 0.819. The van der Waals surface area contributed by atoms with Gasteiger partial charge in [-0.25, -0.2) is 5.01 Å². The molecule has 18 heavy (non-hydrogen) atoms. The normalized spacial score (nSPS) is 16.9. The summed E-state index contributed by atoms with van der Waals surface area (Å²) in [6.45, 7) is 4.86. The maximum absolute atomic E-state index is 11.7. The van der Waals surface area contributed by atoms with Gasteiger partial charge in [-0.2, -0.15) is 0 Å². The van der Waals surface area contributed by atoms with E-state index in [1.807, 2.05) is 42.3 Å². The van der Waals surface area contributed by atoms with Gasteiger partial charge in [0.15, 0.2) is 0 Å². The zero-order valence-electron chi connectivity index (χ0n) is 10.6. The first-order valence-corrected chi connectivity index (χ1v) is 6.12. The lowest BCUT2D eigenvalue weighted by molar-refractivity contribution is -0.123. The summed E-state index contributed by atoms with van der Waals surface area (Å²) in [5, 5.41) is 1.88. The van der Waals surface area contributed by atoms with Crippen LogP contribution in [0.25, 0.3) is 6.08 Å². The third-order valence-electron chi connectivity index (χ3n) is 2.78. The molecule has 0 atom stereocenters. The molecule has 1 aliphatic heterocycles. The van der Waals surface area contributed by atoms with Gasteiger partial charge in [0.25, 0.3) is 5.91 Å². The molecule has 1 heterocycles. The van der Waals surface area contributed by atoms with Gasteiger partial charge in [0.1, 0.15) is 0 Å². The summed E-state index contributed by atoms with van der Waals surface area (Å²) >= 11 is 0. The van der Waals surface area contributed by atoms with Crippen LogP contribution < -0.4 is 5.43 Å². The van der Waals surface area contributed by atoms with Crippen LogP contribution in [0, 0.1) is 6.92 Å². The molecule has 0 radical (unpaired) electrons. The van der Waals surface area contributed by atoms with E-state index >= 15 is 0 Å². The van der Waals surface area contributed by atoms with Gasteiger partial charge in [-0.1, -0.05) is 29.8 Å². The fraction of sp³-hybridized carbons (Fsp3) is 0.357. The highest BCUT2D eigenvalue weighted by Gasteiger charge is 2.10. The Morgan fingerprint density at radius 2 is 1.94 bits per heavy atom. The fourth-order valence-electron chi connectivity index (χ4n) is 1.72. The van der Waals surface area contributed by atoms with Gasteiger partial charge in [0.2, 0.25) is 0 Å². The van der Waals surface area contributed by atoms with Gasteiger partial charge in [-0.3, -0.25) is 10.2 Å². The van der Waals surface area contributed by atoms with Crippen LogP contribution in [0.2, 0.25) is 0 Å². The number of carbonyl (C=O) groups excluding carboxylic acids is 1. The summed E-state index contributed by atoms with van der Waals surface area (Å²) in [4.78, 5) is 11.7. The first-order chi connectivity index (χ1) is 8.74. The minimum atomic E-state index is -0.0996. The molecule has 0 spiro atoms. The molecule has 1 N–H and O–H groups in total. The largest absolute Gasteiger partial charge is 0.379 e. The molecule has 4 heteroatoms. The van der Waals surface area contributed by atoms with E-state index in [9.17, 15) is 4.79 Å². The van der Waals surface area contributed by atoms with E-state index in [2.05, 4.69) is 5.43 Å². The van der Waals surface area contributed by atoms with Crippen molar-refractivity contribution in [2.24, 2.45) is 0 Å². The highest BCUT2D eigenvalue weighted by atomic mass is 16.5. The van der Waals surface area contributed by atoms with Crippen LogP contribution in [0.5, 0.6) is 0 Å². The van der Waals surface area contributed by atoms with Crippen LogP contribution in [0.3, 0.4) is 0 Å². The Hall–Kier alpha value is -1.65. The lowest BCUT2D eigenvalue weighted by atomic mass is 10.1. The number of amides is 1. The smallest absolute Gasteiger partial charge is 0.258 e. The Balaban J connectivity index is 1.84. The SMILES string of the molecule is Cc1ccc(/C=C/C(=O)NN2CCOCC2)cc1. The number of morpholine rings is 1. The van der Waals surface area contributed by atoms with Crippen molar-refractivity contribution < 1.29 is 9.53 Å². The third-order valence-corrected chi connectivity index (χ3v) is 2.78. The minimum absolute atomic E-state index is 0.0996. The van der Waals surface area contributed by atoms with E-state index in [1.165, 1.54) is 5.56 Å². The summed E-state index contributed by atoms with van der Waals surface area (Å²) in [5.41, 5.74) is 5.07. The number of rotatable bonds is 3. The lowest BCUT2D eigenvalue weighted by Crippen LogP contribution is -2.47. The number of hydrogen-bond acceptors (Lipinski definition) is 3. The molecule has 1 aliphatic rings. The maximum atomic E-state index is 11.7. The Kier molecular flexibility index (Phi) is 4.50. The van der Waals surface area contributed by atoms with Crippen molar-refractivity contribution in [2.75, 3.05) is 26.3 Å². The third kappa shape index (κ3) is 3.98.